The first-order valence-electron chi connectivity index (χ1n) is 7.69. The topological polar surface area (TPSA) is 73.3 Å². The van der Waals surface area contributed by atoms with Crippen LogP contribution in [0.2, 0.25) is 0 Å². The molecule has 2 aromatic carbocycles. The number of aliphatic imine (C=N–C) groups is 1. The Morgan fingerprint density at radius 3 is 2.32 bits per heavy atom. The van der Waals surface area contributed by atoms with E-state index in [4.69, 9.17) is 10.8 Å². The molecule has 1 aromatic heterocycles. The lowest BCUT2D eigenvalue weighted by atomic mass is 10.1. The average Bonchev–Trinajstić information content (AvgIpc) is 3.20. The fourth-order valence-corrected chi connectivity index (χ4v) is 3.27. The van der Waals surface area contributed by atoms with Crippen LogP contribution in [0.4, 0.5) is 0 Å². The van der Waals surface area contributed by atoms with Crippen LogP contribution >= 0.6 is 11.8 Å². The van der Waals surface area contributed by atoms with Gasteiger partial charge in [-0.1, -0.05) is 48.5 Å². The number of benzene rings is 2. The third-order valence-electron chi connectivity index (χ3n) is 3.73. The number of nitrogens with two attached hydrogens (primary N) is 1. The normalized spacial score (nSPS) is 15.6. The fourth-order valence-electron chi connectivity index (χ4n) is 2.59. The monoisotopic (exact) mass is 346 g/mol. The number of thioether (sulfide) groups is 1. The maximum absolute atomic E-state index is 11.9. The van der Waals surface area contributed by atoms with Crippen molar-refractivity contribution in [2.24, 2.45) is 10.7 Å². The Morgan fingerprint density at radius 1 is 1.00 bits per heavy atom. The molecule has 1 amide bonds. The van der Waals surface area contributed by atoms with Gasteiger partial charge in [-0.25, -0.2) is 4.68 Å². The second kappa shape index (κ2) is 6.41. The summed E-state index contributed by atoms with van der Waals surface area (Å²) < 4.78 is 1.81. The minimum absolute atomic E-state index is 0.271. The van der Waals surface area contributed by atoms with E-state index in [1.165, 1.54) is 11.8 Å². The molecule has 2 heterocycles. The van der Waals surface area contributed by atoms with Gasteiger partial charge in [-0.15, -0.1) is 0 Å². The number of aromatic nitrogens is 2. The lowest BCUT2D eigenvalue weighted by molar-refractivity contribution is -0.113. The van der Waals surface area contributed by atoms with Crippen molar-refractivity contribution in [3.8, 4) is 16.9 Å². The van der Waals surface area contributed by atoms with E-state index in [1.807, 2.05) is 71.5 Å². The van der Waals surface area contributed by atoms with Gasteiger partial charge >= 0.3 is 0 Å². The lowest BCUT2D eigenvalue weighted by Gasteiger charge is -2.00. The van der Waals surface area contributed by atoms with E-state index in [2.05, 4.69) is 4.99 Å². The van der Waals surface area contributed by atoms with Crippen LogP contribution in [0.1, 0.15) is 5.56 Å². The Morgan fingerprint density at radius 2 is 1.68 bits per heavy atom. The number of amidine groups is 1. The molecule has 6 heteroatoms. The van der Waals surface area contributed by atoms with Crippen LogP contribution in [0.5, 0.6) is 0 Å². The van der Waals surface area contributed by atoms with Crippen LogP contribution in [0.3, 0.4) is 0 Å². The number of amides is 1. The van der Waals surface area contributed by atoms with E-state index in [0.29, 0.717) is 4.91 Å². The molecule has 0 saturated carbocycles. The van der Waals surface area contributed by atoms with Crippen molar-refractivity contribution in [2.75, 3.05) is 0 Å². The Bertz CT molecular complexity index is 991. The molecule has 0 fully saturated rings. The molecule has 2 N–H and O–H groups in total. The first kappa shape index (κ1) is 15.4. The number of carbonyl (C=O) groups is 1. The van der Waals surface area contributed by atoms with Gasteiger partial charge in [0.25, 0.3) is 5.91 Å². The summed E-state index contributed by atoms with van der Waals surface area (Å²) in [5.41, 5.74) is 9.22. The Hall–Kier alpha value is -3.12. The first-order chi connectivity index (χ1) is 12.2. The molecule has 0 saturated heterocycles. The smallest absolute Gasteiger partial charge is 0.286 e. The Kier molecular flexibility index (Phi) is 3.95. The Labute approximate surface area is 148 Å². The molecule has 0 spiro atoms. The minimum Gasteiger partial charge on any atom is -0.378 e. The van der Waals surface area contributed by atoms with Crippen molar-refractivity contribution in [2.45, 2.75) is 0 Å². The molecule has 4 rings (SSSR count). The van der Waals surface area contributed by atoms with Crippen LogP contribution in [0, 0.1) is 0 Å². The van der Waals surface area contributed by atoms with Gasteiger partial charge in [-0.05, 0) is 30.0 Å². The molecule has 0 radical (unpaired) electrons. The molecular formula is C19H14N4OS. The number of rotatable bonds is 3. The summed E-state index contributed by atoms with van der Waals surface area (Å²) in [4.78, 5) is 16.2. The van der Waals surface area contributed by atoms with Crippen LogP contribution < -0.4 is 5.73 Å². The van der Waals surface area contributed by atoms with Crippen molar-refractivity contribution in [3.05, 3.63) is 77.3 Å². The average molecular weight is 346 g/mol. The molecule has 0 aliphatic carbocycles. The minimum atomic E-state index is -0.311. The molecule has 25 heavy (non-hydrogen) atoms. The quantitative estimate of drug-likeness (QED) is 0.737. The maximum atomic E-state index is 11.9. The molecule has 0 unspecified atom stereocenters. The summed E-state index contributed by atoms with van der Waals surface area (Å²) in [5, 5.41) is 4.99. The van der Waals surface area contributed by atoms with Gasteiger partial charge in [0.05, 0.1) is 16.3 Å². The van der Waals surface area contributed by atoms with E-state index >= 15 is 0 Å². The first-order valence-corrected chi connectivity index (χ1v) is 8.51. The van der Waals surface area contributed by atoms with Crippen molar-refractivity contribution in [3.63, 3.8) is 0 Å². The van der Waals surface area contributed by atoms with Crippen LogP contribution in [0.25, 0.3) is 23.0 Å². The number of nitrogens with zero attached hydrogens (tertiary/aromatic N) is 3. The molecule has 0 atom stereocenters. The zero-order chi connectivity index (χ0) is 17.2. The van der Waals surface area contributed by atoms with Crippen molar-refractivity contribution < 1.29 is 4.79 Å². The highest BCUT2D eigenvalue weighted by Crippen LogP contribution is 2.30. The third-order valence-corrected chi connectivity index (χ3v) is 4.55. The van der Waals surface area contributed by atoms with E-state index in [-0.39, 0.29) is 11.1 Å². The van der Waals surface area contributed by atoms with Crippen LogP contribution in [-0.2, 0) is 4.79 Å². The molecule has 5 nitrogen and oxygen atoms in total. The summed E-state index contributed by atoms with van der Waals surface area (Å²) >= 11 is 1.18. The molecule has 1 aliphatic heterocycles. The van der Waals surface area contributed by atoms with Crippen LogP contribution in [0.15, 0.2) is 76.8 Å². The van der Waals surface area contributed by atoms with E-state index in [9.17, 15) is 4.79 Å². The number of hydrogen-bond acceptors (Lipinski definition) is 4. The van der Waals surface area contributed by atoms with Gasteiger partial charge in [0, 0.05) is 17.3 Å². The second-order valence-electron chi connectivity index (χ2n) is 5.45. The molecule has 3 aromatic rings. The molecule has 122 valence electrons. The summed E-state index contributed by atoms with van der Waals surface area (Å²) in [6.45, 7) is 0. The summed E-state index contributed by atoms with van der Waals surface area (Å²) in [6, 6.07) is 19.7. The number of carbonyl (C=O) groups excluding carboxylic acids is 1. The van der Waals surface area contributed by atoms with E-state index in [1.54, 1.807) is 6.08 Å². The highest BCUT2D eigenvalue weighted by atomic mass is 32.2. The molecular weight excluding hydrogens is 332 g/mol. The predicted octanol–water partition coefficient (Wildman–Crippen LogP) is 3.47. The van der Waals surface area contributed by atoms with Gasteiger partial charge in [-0.2, -0.15) is 10.1 Å². The number of para-hydroxylation sites is 1. The lowest BCUT2D eigenvalue weighted by Crippen LogP contribution is -2.01. The van der Waals surface area contributed by atoms with Crippen molar-refractivity contribution >= 4 is 28.9 Å². The van der Waals surface area contributed by atoms with E-state index < -0.39 is 0 Å². The standard InChI is InChI=1S/C19H14N4OS/c20-19-21-18(24)16(25-19)11-14-12-23(15-9-5-2-6-10-15)22-17(14)13-7-3-1-4-8-13/h1-12H,(H2,20,21,24)/b16-11-. The Balaban J connectivity index is 1.83. The molecule has 1 aliphatic rings. The van der Waals surface area contributed by atoms with Crippen LogP contribution in [-0.4, -0.2) is 20.9 Å². The third kappa shape index (κ3) is 3.12. The number of hydrogen-bond donors (Lipinski definition) is 1. The van der Waals surface area contributed by atoms with Gasteiger partial charge in [0.15, 0.2) is 5.17 Å². The SMILES string of the molecule is NC1=NC(=O)/C(=C/c2cn(-c3ccccc3)nc2-c2ccccc2)S1. The second-order valence-corrected chi connectivity index (χ2v) is 6.51. The summed E-state index contributed by atoms with van der Waals surface area (Å²) in [7, 11) is 0. The summed E-state index contributed by atoms with van der Waals surface area (Å²) in [6.07, 6.45) is 3.71. The van der Waals surface area contributed by atoms with Crippen molar-refractivity contribution in [1.29, 1.82) is 0 Å². The van der Waals surface area contributed by atoms with E-state index in [0.717, 1.165) is 22.5 Å². The highest BCUT2D eigenvalue weighted by Gasteiger charge is 2.21. The molecule has 0 bridgehead atoms. The van der Waals surface area contributed by atoms with Gasteiger partial charge in [0.1, 0.15) is 0 Å². The predicted molar refractivity (Wildman–Crippen MR) is 101 cm³/mol. The van der Waals surface area contributed by atoms with Gasteiger partial charge in [-0.3, -0.25) is 4.79 Å². The van der Waals surface area contributed by atoms with Gasteiger partial charge < -0.3 is 5.73 Å². The zero-order valence-corrected chi connectivity index (χ0v) is 14.0. The highest BCUT2D eigenvalue weighted by molar-refractivity contribution is 8.18. The van der Waals surface area contributed by atoms with Gasteiger partial charge in [0.2, 0.25) is 0 Å². The largest absolute Gasteiger partial charge is 0.378 e. The fraction of sp³-hybridized carbons (Fsp3) is 0. The zero-order valence-electron chi connectivity index (χ0n) is 13.2. The summed E-state index contributed by atoms with van der Waals surface area (Å²) in [5.74, 6) is -0.311. The maximum Gasteiger partial charge on any atom is 0.286 e. The van der Waals surface area contributed by atoms with Crippen molar-refractivity contribution in [1.82, 2.24) is 9.78 Å².